The van der Waals surface area contributed by atoms with Crippen LogP contribution in [0.15, 0.2) is 30.3 Å². The van der Waals surface area contributed by atoms with Crippen molar-refractivity contribution in [1.29, 1.82) is 0 Å². The highest BCUT2D eigenvalue weighted by Crippen LogP contribution is 2.32. The van der Waals surface area contributed by atoms with Gasteiger partial charge in [0.2, 0.25) is 0 Å². The molecule has 0 aromatic heterocycles. The van der Waals surface area contributed by atoms with Gasteiger partial charge in [-0.1, -0.05) is 30.3 Å². The second-order valence-corrected chi connectivity index (χ2v) is 7.11. The number of hydrogen-bond acceptors (Lipinski definition) is 2. The fourth-order valence-corrected chi connectivity index (χ4v) is 3.68. The highest BCUT2D eigenvalue weighted by Gasteiger charge is 2.29. The summed E-state index contributed by atoms with van der Waals surface area (Å²) in [4.78, 5) is 2.56. The molecule has 0 heterocycles. The molecule has 1 aromatic carbocycles. The van der Waals surface area contributed by atoms with Crippen LogP contribution >= 0.6 is 0 Å². The summed E-state index contributed by atoms with van der Waals surface area (Å²) in [6.07, 6.45) is 8.16. The molecule has 1 unspecified atom stereocenters. The minimum absolute atomic E-state index is 0.671. The molecule has 3 rings (SSSR count). The third-order valence-corrected chi connectivity index (χ3v) is 5.52. The molecule has 1 aromatic rings. The number of nitrogens with zero attached hydrogens (tertiary/aromatic N) is 1. The Kier molecular flexibility index (Phi) is 4.97. The summed E-state index contributed by atoms with van der Waals surface area (Å²) in [5.74, 6) is 0.788. The zero-order valence-electron chi connectivity index (χ0n) is 13.6. The van der Waals surface area contributed by atoms with E-state index < -0.39 is 0 Å². The molecule has 2 nitrogen and oxygen atoms in total. The minimum Gasteiger partial charge on any atom is -0.312 e. The molecule has 1 atom stereocenters. The van der Waals surface area contributed by atoms with Gasteiger partial charge >= 0.3 is 0 Å². The minimum atomic E-state index is 0.671. The zero-order chi connectivity index (χ0) is 14.7. The predicted octanol–water partition coefficient (Wildman–Crippen LogP) is 3.79. The summed E-state index contributed by atoms with van der Waals surface area (Å²) in [6.45, 7) is 3.51. The van der Waals surface area contributed by atoms with E-state index in [4.69, 9.17) is 0 Å². The second kappa shape index (κ2) is 6.93. The SMILES string of the molecule is CC(CNC1CCC(c2ccccc2)CC1)N(C)C1CC1. The van der Waals surface area contributed by atoms with E-state index in [9.17, 15) is 0 Å². The lowest BCUT2D eigenvalue weighted by molar-refractivity contribution is 0.226. The van der Waals surface area contributed by atoms with Gasteiger partial charge in [-0.25, -0.2) is 0 Å². The Morgan fingerprint density at radius 2 is 1.71 bits per heavy atom. The maximum absolute atomic E-state index is 3.82. The van der Waals surface area contributed by atoms with Crippen molar-refractivity contribution in [3.63, 3.8) is 0 Å². The van der Waals surface area contributed by atoms with Gasteiger partial charge in [0.1, 0.15) is 0 Å². The molecule has 116 valence electrons. The molecule has 2 heteroatoms. The van der Waals surface area contributed by atoms with Crippen LogP contribution in [0.1, 0.15) is 56.9 Å². The molecular weight excluding hydrogens is 256 g/mol. The maximum atomic E-state index is 3.82. The highest BCUT2D eigenvalue weighted by atomic mass is 15.2. The highest BCUT2D eigenvalue weighted by molar-refractivity contribution is 5.20. The molecule has 0 saturated heterocycles. The number of benzene rings is 1. The van der Waals surface area contributed by atoms with Crippen molar-refractivity contribution in [3.05, 3.63) is 35.9 Å². The fourth-order valence-electron chi connectivity index (χ4n) is 3.68. The van der Waals surface area contributed by atoms with Crippen molar-refractivity contribution >= 4 is 0 Å². The van der Waals surface area contributed by atoms with Gasteiger partial charge in [0, 0.05) is 24.7 Å². The monoisotopic (exact) mass is 286 g/mol. The second-order valence-electron chi connectivity index (χ2n) is 7.11. The van der Waals surface area contributed by atoms with Crippen molar-refractivity contribution in [2.45, 2.75) is 69.5 Å². The number of nitrogens with one attached hydrogen (secondary N) is 1. The van der Waals surface area contributed by atoms with E-state index in [0.717, 1.165) is 24.5 Å². The Hall–Kier alpha value is -0.860. The van der Waals surface area contributed by atoms with E-state index in [1.54, 1.807) is 0 Å². The molecule has 0 amide bonds. The van der Waals surface area contributed by atoms with Gasteiger partial charge in [0.25, 0.3) is 0 Å². The molecule has 0 radical (unpaired) electrons. The maximum Gasteiger partial charge on any atom is 0.0192 e. The van der Waals surface area contributed by atoms with Gasteiger partial charge < -0.3 is 5.32 Å². The molecule has 0 spiro atoms. The van der Waals surface area contributed by atoms with E-state index in [-0.39, 0.29) is 0 Å². The normalized spacial score (nSPS) is 27.8. The molecule has 21 heavy (non-hydrogen) atoms. The first-order chi connectivity index (χ1) is 10.2. The van der Waals surface area contributed by atoms with E-state index in [2.05, 4.69) is 54.5 Å². The quantitative estimate of drug-likeness (QED) is 0.856. The Morgan fingerprint density at radius 3 is 2.33 bits per heavy atom. The number of likely N-dealkylation sites (N-methyl/N-ethyl adjacent to an activating group) is 1. The van der Waals surface area contributed by atoms with Crippen LogP contribution < -0.4 is 5.32 Å². The molecule has 2 fully saturated rings. The van der Waals surface area contributed by atoms with Gasteiger partial charge in [0.15, 0.2) is 0 Å². The Morgan fingerprint density at radius 1 is 1.05 bits per heavy atom. The van der Waals surface area contributed by atoms with Gasteiger partial charge in [-0.3, -0.25) is 4.90 Å². The molecule has 2 aliphatic carbocycles. The molecule has 1 N–H and O–H groups in total. The Balaban J connectivity index is 1.39. The summed E-state index contributed by atoms with van der Waals surface area (Å²) in [6, 6.07) is 13.3. The summed E-state index contributed by atoms with van der Waals surface area (Å²) in [5, 5.41) is 3.82. The van der Waals surface area contributed by atoms with Crippen molar-refractivity contribution in [2.75, 3.05) is 13.6 Å². The van der Waals surface area contributed by atoms with Crippen molar-refractivity contribution in [1.82, 2.24) is 10.2 Å². The van der Waals surface area contributed by atoms with Crippen molar-refractivity contribution in [2.24, 2.45) is 0 Å². The summed E-state index contributed by atoms with van der Waals surface area (Å²) in [5.41, 5.74) is 1.54. The lowest BCUT2D eigenvalue weighted by Gasteiger charge is -2.32. The molecule has 0 bridgehead atoms. The van der Waals surface area contributed by atoms with Crippen molar-refractivity contribution in [3.8, 4) is 0 Å². The van der Waals surface area contributed by atoms with E-state index in [1.165, 1.54) is 44.1 Å². The first-order valence-electron chi connectivity index (χ1n) is 8.74. The van der Waals surface area contributed by atoms with E-state index in [1.807, 2.05) is 0 Å². The lowest BCUT2D eigenvalue weighted by atomic mass is 9.82. The zero-order valence-corrected chi connectivity index (χ0v) is 13.6. The van der Waals surface area contributed by atoms with Gasteiger partial charge in [0.05, 0.1) is 0 Å². The van der Waals surface area contributed by atoms with Gasteiger partial charge in [-0.05, 0) is 64.0 Å². The summed E-state index contributed by atoms with van der Waals surface area (Å²) < 4.78 is 0. The third-order valence-electron chi connectivity index (χ3n) is 5.52. The van der Waals surface area contributed by atoms with Crippen LogP contribution in [-0.2, 0) is 0 Å². The predicted molar refractivity (Wildman–Crippen MR) is 89.7 cm³/mol. The fraction of sp³-hybridized carbons (Fsp3) is 0.684. The van der Waals surface area contributed by atoms with Crippen LogP contribution in [0.2, 0.25) is 0 Å². The van der Waals surface area contributed by atoms with Crippen LogP contribution in [0.4, 0.5) is 0 Å². The topological polar surface area (TPSA) is 15.3 Å². The first-order valence-corrected chi connectivity index (χ1v) is 8.74. The average Bonchev–Trinajstić information content (AvgIpc) is 3.38. The third kappa shape index (κ3) is 4.08. The summed E-state index contributed by atoms with van der Waals surface area (Å²) >= 11 is 0. The van der Waals surface area contributed by atoms with E-state index >= 15 is 0 Å². The van der Waals surface area contributed by atoms with Crippen LogP contribution in [0.25, 0.3) is 0 Å². The lowest BCUT2D eigenvalue weighted by Crippen LogP contribution is -2.43. The summed E-state index contributed by atoms with van der Waals surface area (Å²) in [7, 11) is 2.29. The van der Waals surface area contributed by atoms with Gasteiger partial charge in [-0.2, -0.15) is 0 Å². The largest absolute Gasteiger partial charge is 0.312 e. The first kappa shape index (κ1) is 15.1. The molecular formula is C19H30N2. The van der Waals surface area contributed by atoms with Crippen LogP contribution in [-0.4, -0.2) is 36.6 Å². The van der Waals surface area contributed by atoms with Crippen LogP contribution in [0.3, 0.4) is 0 Å². The van der Waals surface area contributed by atoms with Crippen LogP contribution in [0, 0.1) is 0 Å². The number of rotatable bonds is 6. The molecule has 0 aliphatic heterocycles. The smallest absolute Gasteiger partial charge is 0.0192 e. The molecule has 2 saturated carbocycles. The Bertz CT molecular complexity index is 418. The van der Waals surface area contributed by atoms with Crippen molar-refractivity contribution < 1.29 is 0 Å². The molecule has 2 aliphatic rings. The van der Waals surface area contributed by atoms with Crippen LogP contribution in [0.5, 0.6) is 0 Å². The average molecular weight is 286 g/mol. The van der Waals surface area contributed by atoms with Gasteiger partial charge in [-0.15, -0.1) is 0 Å². The number of hydrogen-bond donors (Lipinski definition) is 1. The van der Waals surface area contributed by atoms with E-state index in [0.29, 0.717) is 6.04 Å². The Labute approximate surface area is 129 Å². The standard InChI is InChI=1S/C19H30N2/c1-15(21(2)19-12-13-19)14-20-18-10-8-17(9-11-18)16-6-4-3-5-7-16/h3-7,15,17-20H,8-14H2,1-2H3.